The molecule has 1 amide bonds. The van der Waals surface area contributed by atoms with E-state index in [4.69, 9.17) is 9.26 Å². The van der Waals surface area contributed by atoms with E-state index in [-0.39, 0.29) is 24.8 Å². The highest BCUT2D eigenvalue weighted by Crippen LogP contribution is 2.15. The molecule has 2 N–H and O–H groups in total. The summed E-state index contributed by atoms with van der Waals surface area (Å²) in [4.78, 5) is 11.8. The minimum atomic E-state index is -0.339. The molecule has 0 spiro atoms. The summed E-state index contributed by atoms with van der Waals surface area (Å²) in [6, 6.07) is 0. The Labute approximate surface area is 99.9 Å². The summed E-state index contributed by atoms with van der Waals surface area (Å²) in [7, 11) is 1.50. The van der Waals surface area contributed by atoms with Crippen molar-refractivity contribution >= 4 is 5.91 Å². The maximum Gasteiger partial charge on any atom is 0.273 e. The predicted molar refractivity (Wildman–Crippen MR) is 60.3 cm³/mol. The molecule has 0 aromatic carbocycles. The molecular weight excluding hydrogens is 224 g/mol. The van der Waals surface area contributed by atoms with E-state index in [2.05, 4.69) is 10.5 Å². The van der Waals surface area contributed by atoms with E-state index in [9.17, 15) is 9.90 Å². The second-order valence-corrected chi connectivity index (χ2v) is 4.13. The standard InChI is InChI=1S/C11H18N2O4/c1-7(2)4-12-11(15)10-8(5-14)9(6-16-3)17-13-10/h7,14H,4-6H2,1-3H3,(H,12,15). The second-order valence-electron chi connectivity index (χ2n) is 4.13. The van der Waals surface area contributed by atoms with Gasteiger partial charge in [-0.05, 0) is 5.92 Å². The number of methoxy groups -OCH3 is 1. The van der Waals surface area contributed by atoms with Crippen molar-refractivity contribution in [3.8, 4) is 0 Å². The first-order valence-electron chi connectivity index (χ1n) is 5.45. The molecule has 0 aliphatic heterocycles. The Morgan fingerprint density at radius 1 is 1.59 bits per heavy atom. The molecule has 0 saturated carbocycles. The molecule has 1 heterocycles. The number of aromatic nitrogens is 1. The number of nitrogens with zero attached hydrogens (tertiary/aromatic N) is 1. The van der Waals surface area contributed by atoms with Crippen LogP contribution in [0.1, 0.15) is 35.7 Å². The molecule has 0 aliphatic carbocycles. The maximum atomic E-state index is 11.8. The van der Waals surface area contributed by atoms with E-state index in [1.54, 1.807) is 0 Å². The Bertz CT molecular complexity index is 374. The molecular formula is C11H18N2O4. The first-order valence-corrected chi connectivity index (χ1v) is 5.45. The molecule has 17 heavy (non-hydrogen) atoms. The van der Waals surface area contributed by atoms with Crippen LogP contribution in [0, 0.1) is 5.92 Å². The fourth-order valence-electron chi connectivity index (χ4n) is 1.31. The van der Waals surface area contributed by atoms with Crippen molar-refractivity contribution in [1.82, 2.24) is 10.5 Å². The van der Waals surface area contributed by atoms with Gasteiger partial charge in [0.1, 0.15) is 6.61 Å². The Kier molecular flexibility index (Phi) is 5.11. The van der Waals surface area contributed by atoms with Crippen LogP contribution in [0.4, 0.5) is 0 Å². The fourth-order valence-corrected chi connectivity index (χ4v) is 1.31. The molecule has 0 unspecified atom stereocenters. The third-order valence-electron chi connectivity index (χ3n) is 2.19. The normalized spacial score (nSPS) is 10.9. The van der Waals surface area contributed by atoms with Gasteiger partial charge in [-0.2, -0.15) is 0 Å². The van der Waals surface area contributed by atoms with Gasteiger partial charge in [-0.25, -0.2) is 0 Å². The van der Waals surface area contributed by atoms with E-state index in [0.717, 1.165) is 0 Å². The predicted octanol–water partition coefficient (Wildman–Crippen LogP) is 0.699. The summed E-state index contributed by atoms with van der Waals surface area (Å²) >= 11 is 0. The Hall–Kier alpha value is -1.40. The number of aliphatic hydroxyl groups excluding tert-OH is 1. The van der Waals surface area contributed by atoms with Crippen molar-refractivity contribution in [3.63, 3.8) is 0 Å². The number of ether oxygens (including phenoxy) is 1. The van der Waals surface area contributed by atoms with Crippen LogP contribution >= 0.6 is 0 Å². The highest BCUT2D eigenvalue weighted by atomic mass is 16.5. The van der Waals surface area contributed by atoms with Crippen LogP contribution in [0.3, 0.4) is 0 Å². The molecule has 1 aromatic heterocycles. The molecule has 1 aromatic rings. The van der Waals surface area contributed by atoms with E-state index in [1.807, 2.05) is 13.8 Å². The minimum Gasteiger partial charge on any atom is -0.391 e. The smallest absolute Gasteiger partial charge is 0.273 e. The highest BCUT2D eigenvalue weighted by molar-refractivity contribution is 5.93. The number of amides is 1. The average Bonchev–Trinajstić information content (AvgIpc) is 2.69. The van der Waals surface area contributed by atoms with E-state index < -0.39 is 0 Å². The van der Waals surface area contributed by atoms with E-state index in [1.165, 1.54) is 7.11 Å². The van der Waals surface area contributed by atoms with Crippen molar-refractivity contribution < 1.29 is 19.2 Å². The van der Waals surface area contributed by atoms with Gasteiger partial charge in [0.05, 0.1) is 12.2 Å². The van der Waals surface area contributed by atoms with Gasteiger partial charge in [0.2, 0.25) is 0 Å². The van der Waals surface area contributed by atoms with Crippen LogP contribution in [-0.2, 0) is 18.0 Å². The number of rotatable bonds is 6. The third kappa shape index (κ3) is 3.54. The van der Waals surface area contributed by atoms with Crippen molar-refractivity contribution in [2.45, 2.75) is 27.1 Å². The van der Waals surface area contributed by atoms with Gasteiger partial charge in [-0.15, -0.1) is 0 Å². The lowest BCUT2D eigenvalue weighted by molar-refractivity contribution is 0.0937. The van der Waals surface area contributed by atoms with Crippen molar-refractivity contribution in [3.05, 3.63) is 17.0 Å². The van der Waals surface area contributed by atoms with Crippen molar-refractivity contribution in [2.75, 3.05) is 13.7 Å². The monoisotopic (exact) mass is 242 g/mol. The Morgan fingerprint density at radius 2 is 2.29 bits per heavy atom. The maximum absolute atomic E-state index is 11.8. The van der Waals surface area contributed by atoms with Gasteiger partial charge in [0.25, 0.3) is 5.91 Å². The quantitative estimate of drug-likeness (QED) is 0.767. The van der Waals surface area contributed by atoms with Crippen LogP contribution in [0.15, 0.2) is 4.52 Å². The molecule has 6 heteroatoms. The van der Waals surface area contributed by atoms with E-state index in [0.29, 0.717) is 23.8 Å². The zero-order valence-electron chi connectivity index (χ0n) is 10.3. The van der Waals surface area contributed by atoms with Crippen LogP contribution in [0.2, 0.25) is 0 Å². The molecule has 0 saturated heterocycles. The van der Waals surface area contributed by atoms with Crippen LogP contribution in [0.5, 0.6) is 0 Å². The lowest BCUT2D eigenvalue weighted by atomic mass is 10.1. The third-order valence-corrected chi connectivity index (χ3v) is 2.19. The minimum absolute atomic E-state index is 0.125. The fraction of sp³-hybridized carbons (Fsp3) is 0.636. The number of nitrogens with one attached hydrogen (secondary N) is 1. The topological polar surface area (TPSA) is 84.6 Å². The summed E-state index contributed by atoms with van der Waals surface area (Å²) in [6.45, 7) is 4.42. The number of hydrogen-bond acceptors (Lipinski definition) is 5. The molecule has 1 rings (SSSR count). The zero-order valence-corrected chi connectivity index (χ0v) is 10.3. The first kappa shape index (κ1) is 13.7. The first-order chi connectivity index (χ1) is 8.10. The molecule has 0 aliphatic rings. The summed E-state index contributed by atoms with van der Waals surface area (Å²) in [6.07, 6.45) is 0. The highest BCUT2D eigenvalue weighted by Gasteiger charge is 2.20. The van der Waals surface area contributed by atoms with Crippen molar-refractivity contribution in [1.29, 1.82) is 0 Å². The summed E-state index contributed by atoms with van der Waals surface area (Å²) < 4.78 is 9.84. The molecule has 6 nitrogen and oxygen atoms in total. The van der Waals surface area contributed by atoms with Crippen LogP contribution in [-0.4, -0.2) is 29.8 Å². The van der Waals surface area contributed by atoms with Crippen molar-refractivity contribution in [2.24, 2.45) is 5.92 Å². The Morgan fingerprint density at radius 3 is 2.82 bits per heavy atom. The number of aliphatic hydroxyl groups is 1. The van der Waals surface area contributed by atoms with Crippen LogP contribution in [0.25, 0.3) is 0 Å². The van der Waals surface area contributed by atoms with Crippen LogP contribution < -0.4 is 5.32 Å². The van der Waals surface area contributed by atoms with Gasteiger partial charge < -0.3 is 19.7 Å². The number of carbonyl (C=O) groups excluding carboxylic acids is 1. The van der Waals surface area contributed by atoms with Gasteiger partial charge in [-0.3, -0.25) is 4.79 Å². The average molecular weight is 242 g/mol. The molecule has 0 radical (unpaired) electrons. The van der Waals surface area contributed by atoms with E-state index >= 15 is 0 Å². The number of hydrogen-bond donors (Lipinski definition) is 2. The van der Waals surface area contributed by atoms with Gasteiger partial charge in [0, 0.05) is 13.7 Å². The lowest BCUT2D eigenvalue weighted by Crippen LogP contribution is -2.28. The molecule has 96 valence electrons. The second kappa shape index (κ2) is 6.36. The lowest BCUT2D eigenvalue weighted by Gasteiger charge is -2.06. The van der Waals surface area contributed by atoms with Gasteiger partial charge >= 0.3 is 0 Å². The summed E-state index contributed by atoms with van der Waals surface area (Å²) in [5.74, 6) is 0.389. The summed E-state index contributed by atoms with van der Waals surface area (Å²) in [5.41, 5.74) is 0.508. The molecule has 0 fully saturated rings. The summed E-state index contributed by atoms with van der Waals surface area (Å²) in [5, 5.41) is 15.6. The SMILES string of the molecule is COCc1onc(C(=O)NCC(C)C)c1CO. The van der Waals surface area contributed by atoms with Gasteiger partial charge in [-0.1, -0.05) is 19.0 Å². The Balaban J connectivity index is 2.79. The zero-order chi connectivity index (χ0) is 12.8. The number of carbonyl (C=O) groups is 1. The molecule has 0 bridgehead atoms. The van der Waals surface area contributed by atoms with Gasteiger partial charge in [0.15, 0.2) is 11.5 Å². The largest absolute Gasteiger partial charge is 0.391 e. The molecule has 0 atom stereocenters.